The fourth-order valence-corrected chi connectivity index (χ4v) is 4.46. The van der Waals surface area contributed by atoms with E-state index in [2.05, 4.69) is 4.72 Å². The van der Waals surface area contributed by atoms with Gasteiger partial charge in [-0.2, -0.15) is 0 Å². The maximum absolute atomic E-state index is 12.0. The van der Waals surface area contributed by atoms with E-state index in [0.29, 0.717) is 10.8 Å². The quantitative estimate of drug-likeness (QED) is 0.875. The summed E-state index contributed by atoms with van der Waals surface area (Å²) in [6.45, 7) is 5.14. The molecule has 0 amide bonds. The average Bonchev–Trinajstić information content (AvgIpc) is 2.45. The van der Waals surface area contributed by atoms with Crippen molar-refractivity contribution in [1.29, 1.82) is 0 Å². The Morgan fingerprint density at radius 2 is 2.12 bits per heavy atom. The monoisotopic (exact) mass is 297 g/mol. The first kappa shape index (κ1) is 14.9. The highest BCUT2D eigenvalue weighted by Gasteiger charge is 2.27. The molecule has 0 unspecified atom stereocenters. The number of hydrogen-bond donors (Lipinski definition) is 2. The molecule has 0 bridgehead atoms. The van der Waals surface area contributed by atoms with Gasteiger partial charge in [-0.15, -0.1) is 11.3 Å². The van der Waals surface area contributed by atoms with Gasteiger partial charge in [0.1, 0.15) is 4.21 Å². The van der Waals surface area contributed by atoms with Gasteiger partial charge in [-0.1, -0.05) is 11.6 Å². The second-order valence-electron chi connectivity index (χ2n) is 4.49. The van der Waals surface area contributed by atoms with Crippen LogP contribution in [0, 0.1) is 6.92 Å². The van der Waals surface area contributed by atoms with Crippen molar-refractivity contribution in [2.45, 2.75) is 36.9 Å². The van der Waals surface area contributed by atoms with E-state index in [9.17, 15) is 8.42 Å². The molecule has 1 aromatic rings. The molecule has 0 saturated carbocycles. The number of thiophene rings is 1. The third-order valence-corrected chi connectivity index (χ3v) is 5.97. The normalized spacial score (nSPS) is 13.0. The molecule has 0 aromatic carbocycles. The standard InChI is InChI=1S/C10H16ClNO3S2/c1-7-6-8(16-9(7)11)17(14,15)12-10(2,3)4-5-13/h6,12-13H,4-5H2,1-3H3. The predicted octanol–water partition coefficient (Wildman–Crippen LogP) is 2.15. The second kappa shape index (κ2) is 5.24. The molecule has 98 valence electrons. The van der Waals surface area contributed by atoms with Gasteiger partial charge in [-0.05, 0) is 38.8 Å². The van der Waals surface area contributed by atoms with E-state index >= 15 is 0 Å². The molecule has 0 spiro atoms. The number of aliphatic hydroxyl groups excluding tert-OH is 1. The van der Waals surface area contributed by atoms with Crippen LogP contribution in [0.3, 0.4) is 0 Å². The summed E-state index contributed by atoms with van der Waals surface area (Å²) >= 11 is 6.89. The van der Waals surface area contributed by atoms with E-state index in [1.54, 1.807) is 26.8 Å². The lowest BCUT2D eigenvalue weighted by Gasteiger charge is -2.24. The van der Waals surface area contributed by atoms with Crippen molar-refractivity contribution in [2.75, 3.05) is 6.61 Å². The number of sulfonamides is 1. The highest BCUT2D eigenvalue weighted by molar-refractivity contribution is 7.91. The van der Waals surface area contributed by atoms with Crippen LogP contribution in [0.1, 0.15) is 25.8 Å². The molecule has 0 fully saturated rings. The van der Waals surface area contributed by atoms with Crippen LogP contribution in [-0.2, 0) is 10.0 Å². The summed E-state index contributed by atoms with van der Waals surface area (Å²) in [6.07, 6.45) is 0.352. The minimum Gasteiger partial charge on any atom is -0.396 e. The van der Waals surface area contributed by atoms with E-state index in [4.69, 9.17) is 16.7 Å². The predicted molar refractivity (Wildman–Crippen MR) is 70.2 cm³/mol. The van der Waals surface area contributed by atoms with Crippen molar-refractivity contribution >= 4 is 33.0 Å². The van der Waals surface area contributed by atoms with Gasteiger partial charge in [0.2, 0.25) is 0 Å². The zero-order valence-corrected chi connectivity index (χ0v) is 12.3. The summed E-state index contributed by atoms with van der Waals surface area (Å²) in [6, 6.07) is 1.55. The number of aliphatic hydroxyl groups is 1. The van der Waals surface area contributed by atoms with E-state index in [1.165, 1.54) is 0 Å². The fraction of sp³-hybridized carbons (Fsp3) is 0.600. The smallest absolute Gasteiger partial charge is 0.250 e. The van der Waals surface area contributed by atoms with E-state index < -0.39 is 15.6 Å². The first-order chi connectivity index (χ1) is 7.68. The van der Waals surface area contributed by atoms with Crippen molar-refractivity contribution in [3.05, 3.63) is 16.0 Å². The number of rotatable bonds is 5. The Balaban J connectivity index is 2.97. The Bertz CT molecular complexity index is 474. The Morgan fingerprint density at radius 1 is 1.53 bits per heavy atom. The minimum atomic E-state index is -3.57. The Labute approximate surface area is 111 Å². The topological polar surface area (TPSA) is 66.4 Å². The van der Waals surface area contributed by atoms with Crippen LogP contribution >= 0.6 is 22.9 Å². The largest absolute Gasteiger partial charge is 0.396 e. The third-order valence-electron chi connectivity index (χ3n) is 2.25. The Morgan fingerprint density at radius 3 is 2.53 bits per heavy atom. The van der Waals surface area contributed by atoms with Crippen LogP contribution in [0.5, 0.6) is 0 Å². The molecule has 0 aliphatic carbocycles. The Kier molecular flexibility index (Phi) is 4.60. The summed E-state index contributed by atoms with van der Waals surface area (Å²) in [5.74, 6) is 0. The van der Waals surface area contributed by atoms with Gasteiger partial charge >= 0.3 is 0 Å². The van der Waals surface area contributed by atoms with Gasteiger partial charge in [0, 0.05) is 12.1 Å². The molecule has 1 rings (SSSR count). The number of hydrogen-bond acceptors (Lipinski definition) is 4. The lowest BCUT2D eigenvalue weighted by molar-refractivity contribution is 0.246. The molecule has 0 radical (unpaired) electrons. The molecule has 7 heteroatoms. The first-order valence-electron chi connectivity index (χ1n) is 5.09. The zero-order chi connectivity index (χ0) is 13.3. The van der Waals surface area contributed by atoms with Gasteiger partial charge in [0.05, 0.1) is 4.34 Å². The molecule has 1 aromatic heterocycles. The van der Waals surface area contributed by atoms with Gasteiger partial charge in [-0.3, -0.25) is 0 Å². The van der Waals surface area contributed by atoms with Gasteiger partial charge in [0.15, 0.2) is 0 Å². The van der Waals surface area contributed by atoms with Gasteiger partial charge < -0.3 is 5.11 Å². The minimum absolute atomic E-state index is 0.0697. The number of nitrogens with one attached hydrogen (secondary N) is 1. The number of aryl methyl sites for hydroxylation is 1. The summed E-state index contributed by atoms with van der Waals surface area (Å²) in [7, 11) is -3.57. The lowest BCUT2D eigenvalue weighted by atomic mass is 10.0. The van der Waals surface area contributed by atoms with E-state index in [-0.39, 0.29) is 10.8 Å². The summed E-state index contributed by atoms with van der Waals surface area (Å²) in [5, 5.41) is 8.86. The van der Waals surface area contributed by atoms with Gasteiger partial charge in [-0.25, -0.2) is 13.1 Å². The molecule has 2 N–H and O–H groups in total. The summed E-state index contributed by atoms with van der Waals surface area (Å²) in [5.41, 5.74) is 0.0646. The fourth-order valence-electron chi connectivity index (χ4n) is 1.31. The Hall–Kier alpha value is -0.140. The second-order valence-corrected chi connectivity index (χ2v) is 8.05. The number of halogens is 1. The maximum atomic E-state index is 12.0. The molecule has 0 atom stereocenters. The van der Waals surface area contributed by atoms with Crippen molar-refractivity contribution in [2.24, 2.45) is 0 Å². The molecule has 4 nitrogen and oxygen atoms in total. The van der Waals surface area contributed by atoms with Crippen LogP contribution < -0.4 is 4.72 Å². The van der Waals surface area contributed by atoms with Crippen LogP contribution in [0.15, 0.2) is 10.3 Å². The zero-order valence-electron chi connectivity index (χ0n) is 9.95. The van der Waals surface area contributed by atoms with Crippen molar-refractivity contribution in [1.82, 2.24) is 4.72 Å². The lowest BCUT2D eigenvalue weighted by Crippen LogP contribution is -2.43. The maximum Gasteiger partial charge on any atom is 0.250 e. The van der Waals surface area contributed by atoms with Crippen LogP contribution in [0.2, 0.25) is 4.34 Å². The molecule has 0 aliphatic heterocycles. The van der Waals surface area contributed by atoms with Crippen molar-refractivity contribution in [3.8, 4) is 0 Å². The van der Waals surface area contributed by atoms with Crippen molar-refractivity contribution < 1.29 is 13.5 Å². The highest BCUT2D eigenvalue weighted by Crippen LogP contribution is 2.30. The SMILES string of the molecule is Cc1cc(S(=O)(=O)NC(C)(C)CCO)sc1Cl. The third kappa shape index (κ3) is 3.93. The molecule has 1 heterocycles. The molecule has 0 saturated heterocycles. The van der Waals surface area contributed by atoms with E-state index in [0.717, 1.165) is 16.9 Å². The molecule has 17 heavy (non-hydrogen) atoms. The highest BCUT2D eigenvalue weighted by atomic mass is 35.5. The molecular formula is C10H16ClNO3S2. The van der Waals surface area contributed by atoms with E-state index in [1.807, 2.05) is 0 Å². The summed E-state index contributed by atoms with van der Waals surface area (Å²) < 4.78 is 27.3. The van der Waals surface area contributed by atoms with Crippen LogP contribution in [-0.4, -0.2) is 25.7 Å². The van der Waals surface area contributed by atoms with Crippen LogP contribution in [0.25, 0.3) is 0 Å². The van der Waals surface area contributed by atoms with Gasteiger partial charge in [0.25, 0.3) is 10.0 Å². The molecular weight excluding hydrogens is 282 g/mol. The summed E-state index contributed by atoms with van der Waals surface area (Å²) in [4.78, 5) is 0. The van der Waals surface area contributed by atoms with Crippen LogP contribution in [0.4, 0.5) is 0 Å². The first-order valence-corrected chi connectivity index (χ1v) is 7.76. The molecule has 0 aliphatic rings. The van der Waals surface area contributed by atoms with Crippen molar-refractivity contribution in [3.63, 3.8) is 0 Å². The average molecular weight is 298 g/mol.